The van der Waals surface area contributed by atoms with Gasteiger partial charge < -0.3 is 15.2 Å². The molecule has 0 saturated heterocycles. The fourth-order valence-electron chi connectivity index (χ4n) is 3.07. The van der Waals surface area contributed by atoms with E-state index in [9.17, 15) is 0 Å². The number of rotatable bonds is 6. The molecule has 0 saturated carbocycles. The van der Waals surface area contributed by atoms with E-state index in [2.05, 4.69) is 28.7 Å². The highest BCUT2D eigenvalue weighted by molar-refractivity contribution is 5.50. The van der Waals surface area contributed by atoms with Gasteiger partial charge in [-0.05, 0) is 55.5 Å². The lowest BCUT2D eigenvalue weighted by Crippen LogP contribution is -2.34. The molecule has 3 rings (SSSR count). The van der Waals surface area contributed by atoms with Crippen molar-refractivity contribution in [2.45, 2.75) is 19.9 Å². The second kappa shape index (κ2) is 8.06. The Morgan fingerprint density at radius 1 is 1.19 bits per heavy atom. The molecular formula is C21H25N3O2. The van der Waals surface area contributed by atoms with Crippen molar-refractivity contribution in [3.8, 4) is 17.2 Å². The lowest BCUT2D eigenvalue weighted by atomic mass is 9.98. The van der Waals surface area contributed by atoms with Gasteiger partial charge in [-0.2, -0.15) is 0 Å². The van der Waals surface area contributed by atoms with E-state index in [1.165, 1.54) is 11.1 Å². The highest BCUT2D eigenvalue weighted by Gasteiger charge is 2.20. The Morgan fingerprint density at radius 2 is 1.92 bits per heavy atom. The summed E-state index contributed by atoms with van der Waals surface area (Å²) in [5.41, 5.74) is 10.2. The van der Waals surface area contributed by atoms with Gasteiger partial charge in [0.05, 0.1) is 12.8 Å². The van der Waals surface area contributed by atoms with E-state index in [0.29, 0.717) is 6.54 Å². The van der Waals surface area contributed by atoms with Crippen LogP contribution in [0.5, 0.6) is 17.2 Å². The molecule has 5 heteroatoms. The number of aliphatic imine (C=N–C) groups is 1. The molecule has 136 valence electrons. The minimum atomic E-state index is 0.686. The first-order valence-corrected chi connectivity index (χ1v) is 8.67. The lowest BCUT2D eigenvalue weighted by molar-refractivity contribution is 0.272. The number of ether oxygens (including phenoxy) is 2. The Balaban J connectivity index is 1.83. The molecule has 0 radical (unpaired) electrons. The first-order chi connectivity index (χ1) is 12.6. The van der Waals surface area contributed by atoms with Gasteiger partial charge >= 0.3 is 0 Å². The smallest absolute Gasteiger partial charge is 0.169 e. The molecule has 2 aromatic carbocycles. The molecule has 0 spiro atoms. The van der Waals surface area contributed by atoms with E-state index in [1.54, 1.807) is 7.11 Å². The van der Waals surface area contributed by atoms with Crippen molar-refractivity contribution in [2.24, 2.45) is 10.7 Å². The zero-order chi connectivity index (χ0) is 18.5. The van der Waals surface area contributed by atoms with Crippen LogP contribution in [0, 0.1) is 0 Å². The topological polar surface area (TPSA) is 60.1 Å². The van der Waals surface area contributed by atoms with Gasteiger partial charge in [-0.25, -0.2) is 0 Å². The van der Waals surface area contributed by atoms with Crippen molar-refractivity contribution in [1.82, 2.24) is 4.90 Å². The average molecular weight is 351 g/mol. The molecule has 0 atom stereocenters. The zero-order valence-corrected chi connectivity index (χ0v) is 15.4. The third kappa shape index (κ3) is 4.06. The van der Waals surface area contributed by atoms with Gasteiger partial charge in [0, 0.05) is 25.3 Å². The minimum absolute atomic E-state index is 0.686. The average Bonchev–Trinajstić information content (AvgIpc) is 2.67. The van der Waals surface area contributed by atoms with Gasteiger partial charge in [-0.1, -0.05) is 18.2 Å². The van der Waals surface area contributed by atoms with Crippen molar-refractivity contribution < 1.29 is 9.47 Å². The molecule has 1 aliphatic rings. The summed E-state index contributed by atoms with van der Waals surface area (Å²) < 4.78 is 11.6. The van der Waals surface area contributed by atoms with Crippen LogP contribution >= 0.6 is 0 Å². The van der Waals surface area contributed by atoms with Crippen molar-refractivity contribution in [3.63, 3.8) is 0 Å². The summed E-state index contributed by atoms with van der Waals surface area (Å²) in [7, 11) is 1.67. The maximum Gasteiger partial charge on any atom is 0.169 e. The molecule has 26 heavy (non-hydrogen) atoms. The molecule has 0 bridgehead atoms. The van der Waals surface area contributed by atoms with Crippen LogP contribution in [0.3, 0.4) is 0 Å². The number of hydrogen-bond acceptors (Lipinski definition) is 5. The fourth-order valence-corrected chi connectivity index (χ4v) is 3.07. The largest absolute Gasteiger partial charge is 0.493 e. The number of methoxy groups -OCH3 is 1. The summed E-state index contributed by atoms with van der Waals surface area (Å²) in [6, 6.07) is 13.9. The predicted octanol–water partition coefficient (Wildman–Crippen LogP) is 3.74. The van der Waals surface area contributed by atoms with E-state index >= 15 is 0 Å². The zero-order valence-electron chi connectivity index (χ0n) is 15.4. The third-order valence-corrected chi connectivity index (χ3v) is 4.64. The van der Waals surface area contributed by atoms with Crippen molar-refractivity contribution in [3.05, 3.63) is 65.0 Å². The summed E-state index contributed by atoms with van der Waals surface area (Å²) in [5, 5.41) is 0. The van der Waals surface area contributed by atoms with Gasteiger partial charge in [0.1, 0.15) is 5.75 Å². The first-order valence-electron chi connectivity index (χ1n) is 8.67. The molecule has 1 heterocycles. The fraction of sp³-hybridized carbons (Fsp3) is 0.286. The quantitative estimate of drug-likeness (QED) is 0.806. The van der Waals surface area contributed by atoms with E-state index in [1.807, 2.05) is 37.3 Å². The number of fused-ring (bicyclic) bond motifs is 1. The monoisotopic (exact) mass is 351 g/mol. The van der Waals surface area contributed by atoms with Crippen LogP contribution in [-0.2, 0) is 13.0 Å². The number of nitrogens with zero attached hydrogens (tertiary/aromatic N) is 2. The molecule has 0 aromatic heterocycles. The highest BCUT2D eigenvalue weighted by Crippen LogP contribution is 2.36. The molecule has 0 amide bonds. The Labute approximate surface area is 154 Å². The molecule has 0 aliphatic carbocycles. The number of allylic oxidation sites excluding steroid dienone is 1. The van der Waals surface area contributed by atoms with Gasteiger partial charge in [0.2, 0.25) is 0 Å². The second-order valence-electron chi connectivity index (χ2n) is 6.42. The number of hydrogen-bond donors (Lipinski definition) is 1. The molecule has 0 fully saturated rings. The Hall–Kier alpha value is -2.79. The van der Waals surface area contributed by atoms with Gasteiger partial charge in [-0.3, -0.25) is 9.89 Å². The number of para-hydroxylation sites is 1. The standard InChI is InChI=1S/C21H25N3O2/c1-15(23-2)19(22)14-24-10-9-16-11-20(25-3)21(12-17(16)13-24)26-18-7-5-4-6-8-18/h4-8,11-12H,2,9-10,13-14,22H2,1,3H3/b19-15-. The SMILES string of the molecule is C=N/C(C)=C(\N)CN1CCc2cc(OC)c(Oc3ccccc3)cc2C1. The number of benzene rings is 2. The molecular weight excluding hydrogens is 326 g/mol. The summed E-state index contributed by atoms with van der Waals surface area (Å²) in [6.45, 7) is 7.88. The second-order valence-corrected chi connectivity index (χ2v) is 6.42. The van der Waals surface area contributed by atoms with E-state index in [4.69, 9.17) is 15.2 Å². The number of nitrogens with two attached hydrogens (primary N) is 1. The van der Waals surface area contributed by atoms with Crippen LogP contribution in [-0.4, -0.2) is 31.8 Å². The Morgan fingerprint density at radius 3 is 2.62 bits per heavy atom. The molecule has 0 unspecified atom stereocenters. The summed E-state index contributed by atoms with van der Waals surface area (Å²) in [5.74, 6) is 2.28. The van der Waals surface area contributed by atoms with Crippen LogP contribution < -0.4 is 15.2 Å². The maximum atomic E-state index is 6.12. The van der Waals surface area contributed by atoms with E-state index in [-0.39, 0.29) is 0 Å². The van der Waals surface area contributed by atoms with Crippen LogP contribution in [0.4, 0.5) is 0 Å². The first kappa shape index (κ1) is 18.0. The molecule has 1 aliphatic heterocycles. The van der Waals surface area contributed by atoms with Crippen LogP contribution in [0.2, 0.25) is 0 Å². The van der Waals surface area contributed by atoms with Gasteiger partial charge in [-0.15, -0.1) is 0 Å². The molecule has 2 N–H and O–H groups in total. The van der Waals surface area contributed by atoms with Gasteiger partial charge in [0.15, 0.2) is 11.5 Å². The Bertz CT molecular complexity index is 816. The molecule has 2 aromatic rings. The summed E-state index contributed by atoms with van der Waals surface area (Å²) >= 11 is 0. The normalized spacial score (nSPS) is 15.0. The maximum absolute atomic E-state index is 6.12. The summed E-state index contributed by atoms with van der Waals surface area (Å²) in [6.07, 6.45) is 0.950. The van der Waals surface area contributed by atoms with E-state index in [0.717, 1.165) is 48.2 Å². The molecule has 5 nitrogen and oxygen atoms in total. The lowest BCUT2D eigenvalue weighted by Gasteiger charge is -2.29. The van der Waals surface area contributed by atoms with Crippen LogP contribution in [0.1, 0.15) is 18.1 Å². The van der Waals surface area contributed by atoms with Crippen molar-refractivity contribution in [1.29, 1.82) is 0 Å². The Kier molecular flexibility index (Phi) is 5.58. The van der Waals surface area contributed by atoms with Crippen molar-refractivity contribution >= 4 is 6.72 Å². The van der Waals surface area contributed by atoms with Gasteiger partial charge in [0.25, 0.3) is 0 Å². The minimum Gasteiger partial charge on any atom is -0.493 e. The van der Waals surface area contributed by atoms with Crippen LogP contribution in [0.15, 0.2) is 58.9 Å². The predicted molar refractivity (Wildman–Crippen MR) is 105 cm³/mol. The third-order valence-electron chi connectivity index (χ3n) is 4.64. The summed E-state index contributed by atoms with van der Waals surface area (Å²) in [4.78, 5) is 6.23. The highest BCUT2D eigenvalue weighted by atomic mass is 16.5. The van der Waals surface area contributed by atoms with Crippen molar-refractivity contribution in [2.75, 3.05) is 20.2 Å². The van der Waals surface area contributed by atoms with Crippen LogP contribution in [0.25, 0.3) is 0 Å². The van der Waals surface area contributed by atoms with E-state index < -0.39 is 0 Å².